The lowest BCUT2D eigenvalue weighted by Gasteiger charge is -2.07. The van der Waals surface area contributed by atoms with Crippen LogP contribution in [0, 0.1) is 0 Å². The molecule has 0 saturated heterocycles. The fraction of sp³-hybridized carbons (Fsp3) is 0.308. The van der Waals surface area contributed by atoms with E-state index in [9.17, 15) is 9.59 Å². The highest BCUT2D eigenvalue weighted by atomic mass is 16.2. The number of amides is 1. The quantitative estimate of drug-likeness (QED) is 0.836. The normalized spacial score (nSPS) is 12.2. The molecule has 0 saturated carbocycles. The van der Waals surface area contributed by atoms with Gasteiger partial charge in [-0.2, -0.15) is 9.78 Å². The molecule has 3 N–H and O–H groups in total. The molecule has 0 aliphatic carbocycles. The summed E-state index contributed by atoms with van der Waals surface area (Å²) in [6.07, 6.45) is 1.71. The van der Waals surface area contributed by atoms with Crippen LogP contribution >= 0.6 is 0 Å². The number of carbonyl (C=O) groups is 1. The van der Waals surface area contributed by atoms with Gasteiger partial charge in [-0.05, 0) is 31.2 Å². The number of nitrogens with one attached hydrogen (secondary N) is 1. The largest absolute Gasteiger partial charge is 0.350 e. The molecule has 1 unspecified atom stereocenters. The van der Waals surface area contributed by atoms with Gasteiger partial charge in [-0.15, -0.1) is 0 Å². The van der Waals surface area contributed by atoms with E-state index < -0.39 is 0 Å². The second-order valence-electron chi connectivity index (χ2n) is 4.71. The highest BCUT2D eigenvalue weighted by Crippen LogP contribution is 2.11. The first-order chi connectivity index (χ1) is 9.47. The number of benzene rings is 1. The van der Waals surface area contributed by atoms with Crippen molar-refractivity contribution < 1.29 is 4.79 Å². The van der Waals surface area contributed by atoms with E-state index in [-0.39, 0.29) is 24.1 Å². The van der Waals surface area contributed by atoms with E-state index in [1.165, 1.54) is 15.6 Å². The molecular formula is C13H17N5O2. The topological polar surface area (TPSA) is 94.9 Å². The van der Waals surface area contributed by atoms with Crippen LogP contribution in [-0.4, -0.2) is 26.3 Å². The molecule has 1 amide bonds. The van der Waals surface area contributed by atoms with Gasteiger partial charge in [0.1, 0.15) is 6.33 Å². The third kappa shape index (κ3) is 3.12. The van der Waals surface area contributed by atoms with Crippen LogP contribution in [0.2, 0.25) is 0 Å². The molecular weight excluding hydrogens is 258 g/mol. The monoisotopic (exact) mass is 275 g/mol. The Hall–Kier alpha value is -2.41. The maximum atomic E-state index is 11.7. The van der Waals surface area contributed by atoms with E-state index in [1.807, 2.05) is 0 Å². The second-order valence-corrected chi connectivity index (χ2v) is 4.71. The summed E-state index contributed by atoms with van der Waals surface area (Å²) >= 11 is 0. The average molecular weight is 275 g/mol. The zero-order valence-electron chi connectivity index (χ0n) is 11.4. The number of rotatable bonds is 4. The molecule has 2 aromatic rings. The number of aryl methyl sites for hydroxylation is 1. The van der Waals surface area contributed by atoms with E-state index in [2.05, 4.69) is 10.4 Å². The Labute approximate surface area is 116 Å². The Bertz CT molecular complexity index is 654. The smallest absolute Gasteiger partial charge is 0.327 e. The molecule has 1 aromatic heterocycles. The van der Waals surface area contributed by atoms with Gasteiger partial charge in [0, 0.05) is 25.2 Å². The zero-order chi connectivity index (χ0) is 14.7. The minimum absolute atomic E-state index is 0.136. The molecule has 0 radical (unpaired) electrons. The second kappa shape index (κ2) is 5.70. The van der Waals surface area contributed by atoms with Crippen LogP contribution in [0.3, 0.4) is 0 Å². The van der Waals surface area contributed by atoms with Gasteiger partial charge < -0.3 is 11.1 Å². The standard InChI is InChI=1S/C13H17N5O2/c1-9(14)7-12(19)16-10-3-5-11(6-4-10)18-13(20)17(2)8-15-18/h3-6,8-9H,7,14H2,1-2H3,(H,16,19). The van der Waals surface area contributed by atoms with Crippen molar-refractivity contribution in [3.05, 3.63) is 41.1 Å². The summed E-state index contributed by atoms with van der Waals surface area (Å²) < 4.78 is 2.67. The van der Waals surface area contributed by atoms with Crippen molar-refractivity contribution in [1.82, 2.24) is 14.3 Å². The van der Waals surface area contributed by atoms with Crippen molar-refractivity contribution in [1.29, 1.82) is 0 Å². The molecule has 2 rings (SSSR count). The summed E-state index contributed by atoms with van der Waals surface area (Å²) in [6.45, 7) is 1.77. The van der Waals surface area contributed by atoms with Gasteiger partial charge in [-0.3, -0.25) is 9.36 Å². The van der Waals surface area contributed by atoms with Gasteiger partial charge in [0.15, 0.2) is 0 Å². The summed E-state index contributed by atoms with van der Waals surface area (Å²) in [4.78, 5) is 23.3. The van der Waals surface area contributed by atoms with E-state index in [0.29, 0.717) is 11.4 Å². The van der Waals surface area contributed by atoms with E-state index in [0.717, 1.165) is 0 Å². The van der Waals surface area contributed by atoms with Gasteiger partial charge >= 0.3 is 5.69 Å². The first kappa shape index (κ1) is 14.0. The molecule has 106 valence electrons. The highest BCUT2D eigenvalue weighted by Gasteiger charge is 2.07. The average Bonchev–Trinajstić information content (AvgIpc) is 2.70. The first-order valence-corrected chi connectivity index (χ1v) is 6.24. The summed E-state index contributed by atoms with van der Waals surface area (Å²) in [6, 6.07) is 6.69. The van der Waals surface area contributed by atoms with Crippen LogP contribution in [-0.2, 0) is 11.8 Å². The first-order valence-electron chi connectivity index (χ1n) is 6.24. The van der Waals surface area contributed by atoms with Gasteiger partial charge in [-0.1, -0.05) is 0 Å². The summed E-state index contributed by atoms with van der Waals surface area (Å²) in [5.41, 5.74) is 6.63. The summed E-state index contributed by atoms with van der Waals surface area (Å²) in [7, 11) is 1.63. The van der Waals surface area contributed by atoms with Crippen molar-refractivity contribution >= 4 is 11.6 Å². The number of carbonyl (C=O) groups excluding carboxylic acids is 1. The number of nitrogens with zero attached hydrogens (tertiary/aromatic N) is 3. The molecule has 0 aliphatic rings. The SMILES string of the molecule is CC(N)CC(=O)Nc1ccc(-n2ncn(C)c2=O)cc1. The van der Waals surface area contributed by atoms with Gasteiger partial charge in [0.25, 0.3) is 0 Å². The Morgan fingerprint density at radius 1 is 1.40 bits per heavy atom. The van der Waals surface area contributed by atoms with Gasteiger partial charge in [0.05, 0.1) is 5.69 Å². The highest BCUT2D eigenvalue weighted by molar-refractivity contribution is 5.91. The maximum absolute atomic E-state index is 11.7. The van der Waals surface area contributed by atoms with E-state index >= 15 is 0 Å². The van der Waals surface area contributed by atoms with Crippen LogP contribution in [0.5, 0.6) is 0 Å². The van der Waals surface area contributed by atoms with Crippen LogP contribution in [0.1, 0.15) is 13.3 Å². The van der Waals surface area contributed by atoms with Crippen molar-refractivity contribution in [2.75, 3.05) is 5.32 Å². The van der Waals surface area contributed by atoms with Crippen LogP contribution < -0.4 is 16.7 Å². The molecule has 0 fully saturated rings. The maximum Gasteiger partial charge on any atom is 0.350 e. The molecule has 1 aromatic carbocycles. The molecule has 7 heteroatoms. The fourth-order valence-electron chi connectivity index (χ4n) is 1.74. The number of anilines is 1. The van der Waals surface area contributed by atoms with Crippen LogP contribution in [0.15, 0.2) is 35.4 Å². The summed E-state index contributed by atoms with van der Waals surface area (Å²) in [5.74, 6) is -0.136. The summed E-state index contributed by atoms with van der Waals surface area (Å²) in [5, 5.41) is 6.72. The molecule has 7 nitrogen and oxygen atoms in total. The Kier molecular flexibility index (Phi) is 3.99. The third-order valence-electron chi connectivity index (χ3n) is 2.73. The number of hydrogen-bond donors (Lipinski definition) is 2. The zero-order valence-corrected chi connectivity index (χ0v) is 11.4. The Morgan fingerprint density at radius 2 is 2.05 bits per heavy atom. The van der Waals surface area contributed by atoms with Gasteiger partial charge in [0.2, 0.25) is 5.91 Å². The van der Waals surface area contributed by atoms with Crippen LogP contribution in [0.25, 0.3) is 5.69 Å². The van der Waals surface area contributed by atoms with E-state index in [1.54, 1.807) is 38.2 Å². The lowest BCUT2D eigenvalue weighted by atomic mass is 10.2. The predicted molar refractivity (Wildman–Crippen MR) is 75.7 cm³/mol. The Balaban J connectivity index is 2.13. The third-order valence-corrected chi connectivity index (χ3v) is 2.73. The van der Waals surface area contributed by atoms with E-state index in [4.69, 9.17) is 5.73 Å². The number of nitrogens with two attached hydrogens (primary N) is 1. The lowest BCUT2D eigenvalue weighted by Crippen LogP contribution is -2.24. The molecule has 20 heavy (non-hydrogen) atoms. The van der Waals surface area contributed by atoms with Crippen molar-refractivity contribution in [2.45, 2.75) is 19.4 Å². The molecule has 1 heterocycles. The predicted octanol–water partition coefficient (Wildman–Crippen LogP) is 0.247. The molecule has 0 spiro atoms. The minimum atomic E-state index is -0.223. The van der Waals surface area contributed by atoms with Crippen LogP contribution in [0.4, 0.5) is 5.69 Å². The van der Waals surface area contributed by atoms with Crippen molar-refractivity contribution in [2.24, 2.45) is 12.8 Å². The lowest BCUT2D eigenvalue weighted by molar-refractivity contribution is -0.116. The fourth-order valence-corrected chi connectivity index (χ4v) is 1.74. The molecule has 1 atom stereocenters. The van der Waals surface area contributed by atoms with Crippen molar-refractivity contribution in [3.8, 4) is 5.69 Å². The Morgan fingerprint density at radius 3 is 2.55 bits per heavy atom. The van der Waals surface area contributed by atoms with Crippen molar-refractivity contribution in [3.63, 3.8) is 0 Å². The van der Waals surface area contributed by atoms with Gasteiger partial charge in [-0.25, -0.2) is 4.79 Å². The number of hydrogen-bond acceptors (Lipinski definition) is 4. The minimum Gasteiger partial charge on any atom is -0.327 e. The number of aromatic nitrogens is 3. The molecule has 0 aliphatic heterocycles. The molecule has 0 bridgehead atoms.